The lowest BCUT2D eigenvalue weighted by atomic mass is 9.85. The zero-order chi connectivity index (χ0) is 28.4. The van der Waals surface area contributed by atoms with E-state index in [0.29, 0.717) is 0 Å². The standard InChI is InChI=1S/C20H35N3O4/c1-18(2,3)14(21-17(26)22-19(4,5)6)15(24)23-10-11-12(20(11,7)8)13(23)16(25)27-9/h11-14H,10H2,1-9H3,(H2,21,22,26)/t11-,12-,13-,14+/m0/s1/i1D3,4D3,7D3/t11-,12-,13-,14+,20?. The van der Waals surface area contributed by atoms with E-state index in [1.54, 1.807) is 0 Å². The predicted molar refractivity (Wildman–Crippen MR) is 103 cm³/mol. The number of hydrogen-bond donors (Lipinski definition) is 2. The molecular weight excluding hydrogens is 346 g/mol. The van der Waals surface area contributed by atoms with Crippen molar-refractivity contribution in [2.24, 2.45) is 22.7 Å². The van der Waals surface area contributed by atoms with Gasteiger partial charge in [-0.25, -0.2) is 9.59 Å². The van der Waals surface area contributed by atoms with Gasteiger partial charge in [0, 0.05) is 30.3 Å². The molecule has 1 heterocycles. The molecule has 27 heavy (non-hydrogen) atoms. The van der Waals surface area contributed by atoms with Gasteiger partial charge in [-0.05, 0) is 37.4 Å². The third-order valence-electron chi connectivity index (χ3n) is 5.25. The minimum atomic E-state index is -2.75. The third-order valence-corrected chi connectivity index (χ3v) is 5.25. The van der Waals surface area contributed by atoms with E-state index < -0.39 is 78.8 Å². The molecule has 2 aliphatic rings. The van der Waals surface area contributed by atoms with Crippen LogP contribution in [0.4, 0.5) is 4.79 Å². The summed E-state index contributed by atoms with van der Waals surface area (Å²) >= 11 is 0. The lowest BCUT2D eigenvalue weighted by molar-refractivity contribution is -0.154. The number of carbonyl (C=O) groups is 3. The first-order valence-corrected chi connectivity index (χ1v) is 8.83. The van der Waals surface area contributed by atoms with Crippen LogP contribution in [-0.4, -0.2) is 54.1 Å². The van der Waals surface area contributed by atoms with E-state index in [-0.39, 0.29) is 6.54 Å². The zero-order valence-corrected chi connectivity index (χ0v) is 16.6. The molecule has 1 aliphatic carbocycles. The Balaban J connectivity index is 2.44. The normalized spacial score (nSPS) is 37.3. The van der Waals surface area contributed by atoms with Crippen molar-refractivity contribution in [1.82, 2.24) is 15.5 Å². The van der Waals surface area contributed by atoms with E-state index in [4.69, 9.17) is 17.1 Å². The monoisotopic (exact) mass is 390 g/mol. The van der Waals surface area contributed by atoms with Crippen LogP contribution < -0.4 is 10.6 Å². The Hall–Kier alpha value is -1.79. The van der Waals surface area contributed by atoms with Crippen molar-refractivity contribution >= 4 is 17.9 Å². The molecule has 0 aromatic rings. The first kappa shape index (κ1) is 11.9. The quantitative estimate of drug-likeness (QED) is 0.723. The van der Waals surface area contributed by atoms with Crippen molar-refractivity contribution in [1.29, 1.82) is 0 Å². The lowest BCUT2D eigenvalue weighted by Crippen LogP contribution is -2.60. The van der Waals surface area contributed by atoms with E-state index in [1.807, 2.05) is 0 Å². The van der Waals surface area contributed by atoms with Gasteiger partial charge in [0.2, 0.25) is 5.91 Å². The van der Waals surface area contributed by atoms with Crippen LogP contribution in [0.2, 0.25) is 0 Å². The summed E-state index contributed by atoms with van der Waals surface area (Å²) in [6.45, 7) is -1.39. The SMILES string of the molecule is [2H]C([2H])([2H])C(C)(C)NC(=O)N[C@H](C(=O)N1C[C@H]2[C@@H]([C@H]1C(=O)OC)C2(C)C([2H])([2H])[2H])C(C)(C)C([2H])([2H])[2H]. The van der Waals surface area contributed by atoms with Gasteiger partial charge in [0.05, 0.1) is 7.11 Å². The predicted octanol–water partition coefficient (Wildman–Crippen LogP) is 2.15. The van der Waals surface area contributed by atoms with Crippen molar-refractivity contribution in [3.8, 4) is 0 Å². The summed E-state index contributed by atoms with van der Waals surface area (Å²) in [6.07, 6.45) is 0. The minimum absolute atomic E-state index is 0.143. The number of hydrogen-bond acceptors (Lipinski definition) is 4. The minimum Gasteiger partial charge on any atom is -0.467 e. The number of amides is 3. The van der Waals surface area contributed by atoms with E-state index in [9.17, 15) is 14.4 Å². The van der Waals surface area contributed by atoms with Crippen LogP contribution in [0.5, 0.6) is 0 Å². The molecule has 2 rings (SSSR count). The number of carbonyl (C=O) groups excluding carboxylic acids is 3. The number of nitrogens with zero attached hydrogens (tertiary/aromatic N) is 1. The van der Waals surface area contributed by atoms with Crippen LogP contribution >= 0.6 is 0 Å². The third kappa shape index (κ3) is 4.22. The van der Waals surface area contributed by atoms with Crippen molar-refractivity contribution in [3.63, 3.8) is 0 Å². The van der Waals surface area contributed by atoms with Gasteiger partial charge in [-0.15, -0.1) is 0 Å². The molecule has 0 aromatic heterocycles. The molecule has 1 unspecified atom stereocenters. The number of urea groups is 1. The summed E-state index contributed by atoms with van der Waals surface area (Å²) in [4.78, 5) is 40.3. The van der Waals surface area contributed by atoms with Gasteiger partial charge in [0.15, 0.2) is 0 Å². The molecule has 154 valence electrons. The highest BCUT2D eigenvalue weighted by atomic mass is 16.5. The summed E-state index contributed by atoms with van der Waals surface area (Å²) in [6, 6.07) is -4.07. The first-order chi connectivity index (χ1) is 15.9. The van der Waals surface area contributed by atoms with E-state index in [2.05, 4.69) is 10.6 Å². The summed E-state index contributed by atoms with van der Waals surface area (Å²) in [5, 5.41) is 4.57. The number of rotatable bonds is 3. The average Bonchev–Trinajstić information content (AvgIpc) is 3.07. The Morgan fingerprint density at radius 3 is 2.44 bits per heavy atom. The Morgan fingerprint density at radius 1 is 1.26 bits per heavy atom. The Morgan fingerprint density at radius 2 is 1.93 bits per heavy atom. The van der Waals surface area contributed by atoms with Gasteiger partial charge in [-0.3, -0.25) is 4.79 Å². The van der Waals surface area contributed by atoms with Crippen LogP contribution in [0.25, 0.3) is 0 Å². The fourth-order valence-electron chi connectivity index (χ4n) is 3.80. The topological polar surface area (TPSA) is 87.7 Å². The molecule has 0 aromatic carbocycles. The smallest absolute Gasteiger partial charge is 0.328 e. The van der Waals surface area contributed by atoms with Crippen LogP contribution in [-0.2, 0) is 14.3 Å². The maximum Gasteiger partial charge on any atom is 0.328 e. The van der Waals surface area contributed by atoms with E-state index in [0.717, 1.165) is 12.0 Å². The maximum absolute atomic E-state index is 13.8. The van der Waals surface area contributed by atoms with E-state index >= 15 is 0 Å². The van der Waals surface area contributed by atoms with Gasteiger partial charge in [0.25, 0.3) is 0 Å². The van der Waals surface area contributed by atoms with Gasteiger partial charge in [-0.1, -0.05) is 34.5 Å². The molecule has 2 fully saturated rings. The number of nitrogens with one attached hydrogen (secondary N) is 2. The van der Waals surface area contributed by atoms with Crippen LogP contribution in [0.15, 0.2) is 0 Å². The molecule has 1 saturated heterocycles. The summed E-state index contributed by atoms with van der Waals surface area (Å²) in [7, 11) is 1.10. The van der Waals surface area contributed by atoms with Crippen LogP contribution in [0, 0.1) is 22.7 Å². The van der Waals surface area contributed by atoms with E-state index in [1.165, 1.54) is 34.6 Å². The highest BCUT2D eigenvalue weighted by Crippen LogP contribution is 2.65. The summed E-state index contributed by atoms with van der Waals surface area (Å²) < 4.78 is 75.1. The Labute approximate surface area is 175 Å². The maximum atomic E-state index is 13.8. The number of fused-ring (bicyclic) bond motifs is 1. The van der Waals surface area contributed by atoms with Crippen molar-refractivity contribution < 1.29 is 31.5 Å². The summed E-state index contributed by atoms with van der Waals surface area (Å²) in [5.74, 6) is -3.05. The molecule has 7 nitrogen and oxygen atoms in total. The lowest BCUT2D eigenvalue weighted by Gasteiger charge is -2.37. The fourth-order valence-corrected chi connectivity index (χ4v) is 3.80. The van der Waals surface area contributed by atoms with Crippen LogP contribution in [0.3, 0.4) is 0 Å². The molecule has 3 amide bonds. The average molecular weight is 391 g/mol. The number of piperidine rings is 1. The number of ether oxygens (including phenoxy) is 1. The molecule has 1 saturated carbocycles. The molecule has 0 radical (unpaired) electrons. The Kier molecular flexibility index (Phi) is 2.95. The Bertz CT molecular complexity index is 914. The molecule has 7 heteroatoms. The van der Waals surface area contributed by atoms with Gasteiger partial charge < -0.3 is 20.3 Å². The van der Waals surface area contributed by atoms with Gasteiger partial charge in [-0.2, -0.15) is 0 Å². The first-order valence-electron chi connectivity index (χ1n) is 13.3. The molecule has 0 bridgehead atoms. The largest absolute Gasteiger partial charge is 0.467 e. The molecule has 1 aliphatic heterocycles. The number of likely N-dealkylation sites (tertiary alicyclic amines) is 1. The zero-order valence-electron chi connectivity index (χ0n) is 25.6. The van der Waals surface area contributed by atoms with Gasteiger partial charge in [0.1, 0.15) is 12.1 Å². The molecule has 2 N–H and O–H groups in total. The van der Waals surface area contributed by atoms with Crippen molar-refractivity contribution in [3.05, 3.63) is 0 Å². The second-order valence-corrected chi connectivity index (χ2v) is 8.75. The highest BCUT2D eigenvalue weighted by molar-refractivity contribution is 5.92. The van der Waals surface area contributed by atoms with Crippen molar-refractivity contribution in [2.75, 3.05) is 13.7 Å². The van der Waals surface area contributed by atoms with Gasteiger partial charge >= 0.3 is 12.0 Å². The second-order valence-electron chi connectivity index (χ2n) is 8.75. The number of esters is 1. The molecular formula is C20H35N3O4. The van der Waals surface area contributed by atoms with Crippen molar-refractivity contribution in [2.45, 2.75) is 72.8 Å². The van der Waals surface area contributed by atoms with Crippen LogP contribution in [0.1, 0.15) is 67.5 Å². The second kappa shape index (κ2) is 6.67. The summed E-state index contributed by atoms with van der Waals surface area (Å²) in [5.41, 5.74) is -4.79. The molecule has 0 spiro atoms. The fraction of sp³-hybridized carbons (Fsp3) is 0.850. The molecule has 5 atom stereocenters. The highest BCUT2D eigenvalue weighted by Gasteiger charge is 2.70. The number of methoxy groups -OCH3 is 1.